The Morgan fingerprint density at radius 2 is 1.29 bits per heavy atom. The molecule has 0 rings (SSSR count). The van der Waals surface area contributed by atoms with Crippen LogP contribution < -0.4 is 0 Å². The van der Waals surface area contributed by atoms with Crippen molar-refractivity contribution in [2.24, 2.45) is 0 Å². The van der Waals surface area contributed by atoms with E-state index in [1.807, 2.05) is 40.5 Å². The molecule has 0 amide bonds. The van der Waals surface area contributed by atoms with Gasteiger partial charge in [0.25, 0.3) is 0 Å². The zero-order valence-corrected chi connectivity index (χ0v) is 11.4. The minimum absolute atomic E-state index is 0. The first kappa shape index (κ1) is 23.6. The van der Waals surface area contributed by atoms with Crippen LogP contribution >= 0.6 is 0 Å². The molecule has 0 N–H and O–H groups in total. The van der Waals surface area contributed by atoms with Crippen molar-refractivity contribution in [2.75, 3.05) is 0 Å². The number of ketones is 2. The Morgan fingerprint density at radius 3 is 1.29 bits per heavy atom. The second-order valence-corrected chi connectivity index (χ2v) is 2.57. The Morgan fingerprint density at radius 1 is 1.07 bits per heavy atom. The normalized spacial score (nSPS) is 6.64. The Balaban J connectivity index is -0.0000000610. The zero-order chi connectivity index (χ0) is 11.3. The third kappa shape index (κ3) is 92.4. The van der Waals surface area contributed by atoms with Gasteiger partial charge >= 0.3 is 21.7 Å². The molecule has 0 aliphatic heterocycles. The summed E-state index contributed by atoms with van der Waals surface area (Å²) >= 11 is 0. The number of carbonyl (C=O) groups excluding carboxylic acids is 2. The predicted octanol–water partition coefficient (Wildman–Crippen LogP) is 2.83. The summed E-state index contributed by atoms with van der Waals surface area (Å²) in [7, 11) is 0. The molecular weight excluding hydrogens is 212 g/mol. The van der Waals surface area contributed by atoms with Crippen LogP contribution in [0.1, 0.15) is 41.0 Å². The summed E-state index contributed by atoms with van der Waals surface area (Å²) in [5.74, 6) is -0.437. The van der Waals surface area contributed by atoms with Crippen LogP contribution in [0, 0.1) is 19.8 Å². The van der Waals surface area contributed by atoms with Gasteiger partial charge in [0.1, 0.15) is 5.78 Å². The molecule has 0 atom stereocenters. The van der Waals surface area contributed by atoms with Crippen molar-refractivity contribution in [2.45, 2.75) is 41.0 Å². The minimum Gasteiger partial charge on any atom is -0.339 e. The topological polar surface area (TPSA) is 34.1 Å². The van der Waals surface area contributed by atoms with E-state index in [0.29, 0.717) is 0 Å². The Hall–Kier alpha value is -0.0757. The fourth-order valence-electron chi connectivity index (χ4n) is 0.278. The van der Waals surface area contributed by atoms with Crippen molar-refractivity contribution in [1.82, 2.24) is 0 Å². The summed E-state index contributed by atoms with van der Waals surface area (Å²) < 4.78 is 0. The smallest absolute Gasteiger partial charge is 0.339 e. The van der Waals surface area contributed by atoms with Crippen molar-refractivity contribution >= 4 is 11.6 Å². The SMILES string of the molecule is C[CH-]C.C[CH-]C.[CH2-]C(=O)CC(C)=O.[Ti+3]. The van der Waals surface area contributed by atoms with Crippen LogP contribution in [0.15, 0.2) is 0 Å². The maximum atomic E-state index is 9.99. The molecule has 0 spiro atoms. The standard InChI is InChI=1S/C5H7O2.2C3H7.Ti/c1-4(6)3-5(2)7;2*1-3-2;/h1,3H2,2H3;2*3H,1-2H3;/q3*-1;+3. The minimum atomic E-state index is -0.312. The molecule has 0 bridgehead atoms. The molecular formula is C11H21O2Ti. The Kier molecular flexibility index (Phi) is 38.9. The van der Waals surface area contributed by atoms with Crippen molar-refractivity contribution in [1.29, 1.82) is 0 Å². The largest absolute Gasteiger partial charge is 3.00 e. The van der Waals surface area contributed by atoms with Gasteiger partial charge in [-0.25, -0.2) is 0 Å². The van der Waals surface area contributed by atoms with E-state index in [1.54, 1.807) is 0 Å². The number of hydrogen-bond acceptors (Lipinski definition) is 2. The van der Waals surface area contributed by atoms with Gasteiger partial charge in [-0.05, 0) is 6.92 Å². The molecule has 0 aromatic heterocycles. The summed E-state index contributed by atoms with van der Waals surface area (Å²) in [5, 5.41) is 0. The molecule has 0 aliphatic carbocycles. The molecule has 81 valence electrons. The first-order valence-electron chi connectivity index (χ1n) is 4.28. The first-order valence-corrected chi connectivity index (χ1v) is 4.28. The molecule has 0 aromatic carbocycles. The maximum Gasteiger partial charge on any atom is 3.00 e. The van der Waals surface area contributed by atoms with E-state index in [9.17, 15) is 9.59 Å². The van der Waals surface area contributed by atoms with Crippen LogP contribution in [-0.2, 0) is 31.3 Å². The summed E-state index contributed by atoms with van der Waals surface area (Å²) in [6.07, 6.45) is 3.97. The van der Waals surface area contributed by atoms with Crippen LogP contribution in [0.25, 0.3) is 0 Å². The molecule has 0 aliphatic rings. The molecule has 1 radical (unpaired) electrons. The van der Waals surface area contributed by atoms with Gasteiger partial charge in [0, 0.05) is 12.2 Å². The van der Waals surface area contributed by atoms with Gasteiger partial charge in [0.05, 0.1) is 0 Å². The van der Waals surface area contributed by atoms with Crippen LogP contribution in [0.3, 0.4) is 0 Å². The van der Waals surface area contributed by atoms with Gasteiger partial charge in [-0.3, -0.25) is 4.79 Å². The van der Waals surface area contributed by atoms with Gasteiger partial charge in [0.15, 0.2) is 0 Å². The van der Waals surface area contributed by atoms with Gasteiger partial charge in [-0.2, -0.15) is 27.7 Å². The maximum absolute atomic E-state index is 9.99. The third-order valence-electron chi connectivity index (χ3n) is 0.446. The van der Waals surface area contributed by atoms with Gasteiger partial charge in [-0.1, -0.05) is 0 Å². The van der Waals surface area contributed by atoms with E-state index < -0.39 is 0 Å². The summed E-state index contributed by atoms with van der Waals surface area (Å²) in [6, 6.07) is 0. The molecule has 0 saturated carbocycles. The number of carbonyl (C=O) groups is 2. The number of rotatable bonds is 2. The predicted molar refractivity (Wildman–Crippen MR) is 57.0 cm³/mol. The molecule has 14 heavy (non-hydrogen) atoms. The second-order valence-electron chi connectivity index (χ2n) is 2.57. The van der Waals surface area contributed by atoms with Crippen molar-refractivity contribution in [3.8, 4) is 0 Å². The average Bonchev–Trinajstić information content (AvgIpc) is 1.86. The van der Waals surface area contributed by atoms with E-state index in [4.69, 9.17) is 0 Å². The quantitative estimate of drug-likeness (QED) is 0.417. The van der Waals surface area contributed by atoms with Crippen LogP contribution in [-0.4, -0.2) is 11.6 Å². The molecule has 0 fully saturated rings. The van der Waals surface area contributed by atoms with Crippen molar-refractivity contribution < 1.29 is 31.3 Å². The third-order valence-corrected chi connectivity index (χ3v) is 0.446. The molecule has 0 aromatic rings. The fourth-order valence-corrected chi connectivity index (χ4v) is 0.278. The van der Waals surface area contributed by atoms with Crippen LogP contribution in [0.4, 0.5) is 0 Å². The molecule has 3 heteroatoms. The zero-order valence-electron chi connectivity index (χ0n) is 9.89. The first-order chi connectivity index (χ1) is 5.95. The number of Topliss-reactive ketones (excluding diaryl/α,β-unsaturated/α-hetero) is 2. The van der Waals surface area contributed by atoms with Gasteiger partial charge in [0.2, 0.25) is 0 Å². The van der Waals surface area contributed by atoms with Crippen molar-refractivity contribution in [3.05, 3.63) is 19.8 Å². The summed E-state index contributed by atoms with van der Waals surface area (Å²) in [6.45, 7) is 12.4. The molecule has 0 heterocycles. The molecule has 0 unspecified atom stereocenters. The van der Waals surface area contributed by atoms with E-state index in [1.165, 1.54) is 6.92 Å². The van der Waals surface area contributed by atoms with E-state index >= 15 is 0 Å². The fraction of sp³-hybridized carbons (Fsp3) is 0.545. The average molecular weight is 233 g/mol. The second kappa shape index (κ2) is 23.1. The Bertz CT molecular complexity index is 108. The monoisotopic (exact) mass is 233 g/mol. The summed E-state index contributed by atoms with van der Waals surface area (Å²) in [5.41, 5.74) is 0. The molecule has 2 nitrogen and oxygen atoms in total. The van der Waals surface area contributed by atoms with Crippen LogP contribution in [0.5, 0.6) is 0 Å². The number of hydrogen-bond donors (Lipinski definition) is 0. The van der Waals surface area contributed by atoms with E-state index in [0.717, 1.165) is 0 Å². The van der Waals surface area contributed by atoms with E-state index in [2.05, 4.69) is 6.92 Å². The summed E-state index contributed by atoms with van der Waals surface area (Å²) in [4.78, 5) is 19.9. The van der Waals surface area contributed by atoms with Gasteiger partial charge in [-0.15, -0.1) is 0 Å². The van der Waals surface area contributed by atoms with Crippen LogP contribution in [0.2, 0.25) is 0 Å². The van der Waals surface area contributed by atoms with E-state index in [-0.39, 0.29) is 39.7 Å². The van der Waals surface area contributed by atoms with Crippen molar-refractivity contribution in [3.63, 3.8) is 0 Å². The Labute approximate surface area is 104 Å². The van der Waals surface area contributed by atoms with Gasteiger partial charge < -0.3 is 24.6 Å². The molecule has 0 saturated heterocycles.